The summed E-state index contributed by atoms with van der Waals surface area (Å²) in [6.45, 7) is 5.11. The molecule has 1 amide bonds. The van der Waals surface area contributed by atoms with Crippen molar-refractivity contribution in [1.29, 1.82) is 0 Å². The number of aromatic nitrogens is 4. The first-order valence-corrected chi connectivity index (χ1v) is 10.6. The molecule has 7 nitrogen and oxygen atoms in total. The van der Waals surface area contributed by atoms with Crippen molar-refractivity contribution in [3.8, 4) is 11.4 Å². The molecular formula is C21H24N6OS. The molecule has 3 heterocycles. The first kappa shape index (κ1) is 19.4. The highest BCUT2D eigenvalue weighted by Crippen LogP contribution is 2.27. The first-order valence-electron chi connectivity index (χ1n) is 9.68. The summed E-state index contributed by atoms with van der Waals surface area (Å²) in [4.78, 5) is 21.3. The summed E-state index contributed by atoms with van der Waals surface area (Å²) in [7, 11) is 1.92. The van der Waals surface area contributed by atoms with Crippen LogP contribution in [0.25, 0.3) is 11.4 Å². The number of anilines is 1. The van der Waals surface area contributed by atoms with Gasteiger partial charge in [-0.05, 0) is 31.2 Å². The van der Waals surface area contributed by atoms with Crippen molar-refractivity contribution in [2.75, 3.05) is 31.1 Å². The van der Waals surface area contributed by atoms with Gasteiger partial charge in [-0.25, -0.2) is 0 Å². The zero-order valence-corrected chi connectivity index (χ0v) is 17.4. The minimum absolute atomic E-state index is 0.149. The van der Waals surface area contributed by atoms with Crippen LogP contribution in [-0.2, 0) is 11.8 Å². The van der Waals surface area contributed by atoms with Gasteiger partial charge in [0.1, 0.15) is 0 Å². The molecule has 1 aliphatic heterocycles. The van der Waals surface area contributed by atoms with E-state index >= 15 is 0 Å². The van der Waals surface area contributed by atoms with Gasteiger partial charge < -0.3 is 14.4 Å². The molecule has 1 aliphatic rings. The van der Waals surface area contributed by atoms with E-state index in [2.05, 4.69) is 32.2 Å². The van der Waals surface area contributed by atoms with E-state index in [1.54, 1.807) is 12.4 Å². The standard InChI is InChI=1S/C21H24N6OS/c1-16(29-21-24-23-19(25(21)2)17-8-10-22-11-9-17)20(28)27-14-12-26(13-15-27)18-6-4-3-5-7-18/h3-11,16H,12-15H2,1-2H3/t16-/m0/s1. The van der Waals surface area contributed by atoms with Gasteiger partial charge in [0, 0.05) is 56.9 Å². The number of amides is 1. The van der Waals surface area contributed by atoms with Crippen LogP contribution in [0.4, 0.5) is 5.69 Å². The van der Waals surface area contributed by atoms with Gasteiger partial charge in [0.2, 0.25) is 5.91 Å². The molecule has 0 unspecified atom stereocenters. The van der Waals surface area contributed by atoms with E-state index in [0.29, 0.717) is 0 Å². The number of carbonyl (C=O) groups excluding carboxylic acids is 1. The number of pyridine rings is 1. The van der Waals surface area contributed by atoms with Gasteiger partial charge in [-0.3, -0.25) is 9.78 Å². The highest BCUT2D eigenvalue weighted by Gasteiger charge is 2.27. The van der Waals surface area contributed by atoms with Crippen LogP contribution in [0.1, 0.15) is 6.92 Å². The summed E-state index contributed by atoms with van der Waals surface area (Å²) in [5.41, 5.74) is 2.17. The van der Waals surface area contributed by atoms with Crippen molar-refractivity contribution in [2.45, 2.75) is 17.3 Å². The third-order valence-electron chi connectivity index (χ3n) is 5.12. The minimum Gasteiger partial charge on any atom is -0.368 e. The molecule has 3 aromatic rings. The number of para-hydroxylation sites is 1. The zero-order valence-electron chi connectivity index (χ0n) is 16.6. The SMILES string of the molecule is C[C@H](Sc1nnc(-c2ccncc2)n1C)C(=O)N1CCN(c2ccccc2)CC1. The van der Waals surface area contributed by atoms with Crippen molar-refractivity contribution in [3.05, 3.63) is 54.9 Å². The van der Waals surface area contributed by atoms with Crippen molar-refractivity contribution >= 4 is 23.4 Å². The van der Waals surface area contributed by atoms with Gasteiger partial charge in [-0.1, -0.05) is 30.0 Å². The summed E-state index contributed by atoms with van der Waals surface area (Å²) in [5, 5.41) is 9.10. The second-order valence-corrected chi connectivity index (χ2v) is 8.32. The highest BCUT2D eigenvalue weighted by atomic mass is 32.2. The van der Waals surface area contributed by atoms with Crippen molar-refractivity contribution in [3.63, 3.8) is 0 Å². The first-order chi connectivity index (χ1) is 14.1. The molecule has 0 aliphatic carbocycles. The fourth-order valence-corrected chi connectivity index (χ4v) is 4.36. The van der Waals surface area contributed by atoms with E-state index in [1.807, 2.05) is 53.8 Å². The van der Waals surface area contributed by atoms with E-state index in [9.17, 15) is 4.79 Å². The number of hydrogen-bond acceptors (Lipinski definition) is 6. The van der Waals surface area contributed by atoms with E-state index < -0.39 is 0 Å². The molecule has 150 valence electrons. The molecule has 1 atom stereocenters. The zero-order chi connectivity index (χ0) is 20.2. The van der Waals surface area contributed by atoms with Crippen LogP contribution < -0.4 is 4.90 Å². The van der Waals surface area contributed by atoms with Crippen molar-refractivity contribution in [1.82, 2.24) is 24.6 Å². The Bertz CT molecular complexity index is 954. The lowest BCUT2D eigenvalue weighted by atomic mass is 10.2. The maximum absolute atomic E-state index is 13.0. The van der Waals surface area contributed by atoms with Crippen LogP contribution in [-0.4, -0.2) is 62.0 Å². The number of piperazine rings is 1. The molecule has 2 aromatic heterocycles. The van der Waals surface area contributed by atoms with Crippen LogP contribution in [0.5, 0.6) is 0 Å². The average Bonchev–Trinajstić information content (AvgIpc) is 3.14. The van der Waals surface area contributed by atoms with Gasteiger partial charge in [0.15, 0.2) is 11.0 Å². The third-order valence-corrected chi connectivity index (χ3v) is 6.24. The predicted octanol–water partition coefficient (Wildman–Crippen LogP) is 2.71. The number of thioether (sulfide) groups is 1. The summed E-state index contributed by atoms with van der Waals surface area (Å²) in [6.07, 6.45) is 3.47. The van der Waals surface area contributed by atoms with Crippen LogP contribution in [0.2, 0.25) is 0 Å². The molecule has 1 fully saturated rings. The number of nitrogens with zero attached hydrogens (tertiary/aromatic N) is 6. The number of hydrogen-bond donors (Lipinski definition) is 0. The van der Waals surface area contributed by atoms with Gasteiger partial charge in [0.05, 0.1) is 5.25 Å². The minimum atomic E-state index is -0.216. The molecule has 0 bridgehead atoms. The fraction of sp³-hybridized carbons (Fsp3) is 0.333. The topological polar surface area (TPSA) is 67.2 Å². The van der Waals surface area contributed by atoms with Crippen LogP contribution in [0.3, 0.4) is 0 Å². The maximum atomic E-state index is 13.0. The quantitative estimate of drug-likeness (QED) is 0.605. The summed E-state index contributed by atoms with van der Waals surface area (Å²) in [6, 6.07) is 14.2. The smallest absolute Gasteiger partial charge is 0.236 e. The van der Waals surface area contributed by atoms with Gasteiger partial charge >= 0.3 is 0 Å². The fourth-order valence-electron chi connectivity index (χ4n) is 3.46. The number of carbonyl (C=O) groups is 1. The number of rotatable bonds is 5. The Labute approximate surface area is 174 Å². The van der Waals surface area contributed by atoms with Crippen LogP contribution in [0.15, 0.2) is 60.0 Å². The summed E-state index contributed by atoms with van der Waals surface area (Å²) < 4.78 is 1.93. The van der Waals surface area contributed by atoms with E-state index in [4.69, 9.17) is 0 Å². The lowest BCUT2D eigenvalue weighted by molar-refractivity contribution is -0.130. The van der Waals surface area contributed by atoms with Gasteiger partial charge in [-0.2, -0.15) is 0 Å². The summed E-state index contributed by atoms with van der Waals surface area (Å²) >= 11 is 1.45. The Morgan fingerprint density at radius 3 is 2.38 bits per heavy atom. The second-order valence-electron chi connectivity index (χ2n) is 7.01. The Kier molecular flexibility index (Phi) is 5.80. The predicted molar refractivity (Wildman–Crippen MR) is 115 cm³/mol. The largest absolute Gasteiger partial charge is 0.368 e. The Balaban J connectivity index is 1.36. The molecule has 4 rings (SSSR count). The molecule has 0 radical (unpaired) electrons. The summed E-state index contributed by atoms with van der Waals surface area (Å²) in [5.74, 6) is 0.919. The highest BCUT2D eigenvalue weighted by molar-refractivity contribution is 8.00. The Morgan fingerprint density at radius 1 is 1.00 bits per heavy atom. The molecule has 1 saturated heterocycles. The van der Waals surface area contributed by atoms with Crippen LogP contribution in [0, 0.1) is 0 Å². The van der Waals surface area contributed by atoms with Gasteiger partial charge in [0.25, 0.3) is 0 Å². The normalized spacial score (nSPS) is 15.4. The molecule has 8 heteroatoms. The molecular weight excluding hydrogens is 384 g/mol. The van der Waals surface area contributed by atoms with E-state index in [-0.39, 0.29) is 11.2 Å². The molecule has 29 heavy (non-hydrogen) atoms. The molecule has 1 aromatic carbocycles. The molecule has 0 spiro atoms. The average molecular weight is 409 g/mol. The Hall–Kier alpha value is -2.87. The Morgan fingerprint density at radius 2 is 1.69 bits per heavy atom. The third kappa shape index (κ3) is 4.27. The number of benzene rings is 1. The second kappa shape index (κ2) is 8.65. The maximum Gasteiger partial charge on any atom is 0.236 e. The monoisotopic (exact) mass is 408 g/mol. The van der Waals surface area contributed by atoms with Gasteiger partial charge in [-0.15, -0.1) is 10.2 Å². The lowest BCUT2D eigenvalue weighted by Crippen LogP contribution is -2.50. The molecule has 0 saturated carbocycles. The van der Waals surface area contributed by atoms with Crippen molar-refractivity contribution < 1.29 is 4.79 Å². The van der Waals surface area contributed by atoms with Crippen LogP contribution >= 0.6 is 11.8 Å². The van der Waals surface area contributed by atoms with E-state index in [1.165, 1.54) is 17.4 Å². The lowest BCUT2D eigenvalue weighted by Gasteiger charge is -2.37. The molecule has 0 N–H and O–H groups in total. The van der Waals surface area contributed by atoms with Crippen molar-refractivity contribution in [2.24, 2.45) is 7.05 Å². The van der Waals surface area contributed by atoms with E-state index in [0.717, 1.165) is 42.7 Å².